The van der Waals surface area contributed by atoms with E-state index >= 15 is 0 Å². The summed E-state index contributed by atoms with van der Waals surface area (Å²) in [6.45, 7) is 1.11. The summed E-state index contributed by atoms with van der Waals surface area (Å²) in [6, 6.07) is 10.0. The van der Waals surface area contributed by atoms with E-state index in [0.29, 0.717) is 13.2 Å². The quantitative estimate of drug-likeness (QED) is 0.824. The zero-order valence-corrected chi connectivity index (χ0v) is 13.7. The Morgan fingerprint density at radius 1 is 1.39 bits per heavy atom. The summed E-state index contributed by atoms with van der Waals surface area (Å²) in [7, 11) is 3.54. The normalized spacial score (nSPS) is 15.9. The Kier molecular flexibility index (Phi) is 4.48. The fourth-order valence-electron chi connectivity index (χ4n) is 3.27. The Bertz CT molecular complexity index is 663. The number of ether oxygens (including phenoxy) is 1. The van der Waals surface area contributed by atoms with Crippen molar-refractivity contribution < 1.29 is 9.53 Å². The monoisotopic (exact) mass is 313 g/mol. The Hall–Kier alpha value is -2.14. The molecule has 1 aromatic heterocycles. The predicted molar refractivity (Wildman–Crippen MR) is 88.2 cm³/mol. The first-order valence-corrected chi connectivity index (χ1v) is 7.98. The van der Waals surface area contributed by atoms with Crippen molar-refractivity contribution >= 4 is 5.91 Å². The lowest BCUT2D eigenvalue weighted by Crippen LogP contribution is -2.48. The van der Waals surface area contributed by atoms with Gasteiger partial charge in [-0.05, 0) is 36.6 Å². The molecule has 0 bridgehead atoms. The van der Waals surface area contributed by atoms with Crippen LogP contribution >= 0.6 is 0 Å². The number of hydrogen-bond donors (Lipinski definition) is 0. The van der Waals surface area contributed by atoms with Crippen molar-refractivity contribution in [2.24, 2.45) is 5.41 Å². The van der Waals surface area contributed by atoms with Crippen molar-refractivity contribution in [3.8, 4) is 5.69 Å². The number of benzene rings is 1. The van der Waals surface area contributed by atoms with Gasteiger partial charge in [0.1, 0.15) is 0 Å². The maximum atomic E-state index is 12.8. The first-order valence-electron chi connectivity index (χ1n) is 7.98. The van der Waals surface area contributed by atoms with Crippen LogP contribution in [-0.2, 0) is 16.1 Å². The molecule has 5 nitrogen and oxygen atoms in total. The van der Waals surface area contributed by atoms with E-state index in [9.17, 15) is 4.79 Å². The van der Waals surface area contributed by atoms with Crippen LogP contribution in [0.5, 0.6) is 0 Å². The summed E-state index contributed by atoms with van der Waals surface area (Å²) >= 11 is 0. The number of methoxy groups -OCH3 is 1. The molecule has 5 heteroatoms. The zero-order valence-electron chi connectivity index (χ0n) is 13.7. The van der Waals surface area contributed by atoms with Crippen LogP contribution in [0.15, 0.2) is 42.7 Å². The average Bonchev–Trinajstić information content (AvgIpc) is 3.05. The van der Waals surface area contributed by atoms with E-state index in [1.54, 1.807) is 13.3 Å². The summed E-state index contributed by atoms with van der Waals surface area (Å²) in [6.07, 6.45) is 6.63. The molecule has 0 atom stereocenters. The molecular weight excluding hydrogens is 290 g/mol. The van der Waals surface area contributed by atoms with Crippen LogP contribution in [-0.4, -0.2) is 41.4 Å². The van der Waals surface area contributed by atoms with Crippen LogP contribution in [0.4, 0.5) is 0 Å². The topological polar surface area (TPSA) is 47.4 Å². The second kappa shape index (κ2) is 6.54. The van der Waals surface area contributed by atoms with E-state index < -0.39 is 0 Å². The smallest absolute Gasteiger partial charge is 0.231 e. The van der Waals surface area contributed by atoms with E-state index in [4.69, 9.17) is 4.74 Å². The maximum Gasteiger partial charge on any atom is 0.231 e. The fourth-order valence-corrected chi connectivity index (χ4v) is 3.27. The molecule has 1 fully saturated rings. The van der Waals surface area contributed by atoms with E-state index in [-0.39, 0.29) is 11.3 Å². The number of aromatic nitrogens is 2. The minimum Gasteiger partial charge on any atom is -0.384 e. The summed E-state index contributed by atoms with van der Waals surface area (Å²) < 4.78 is 7.10. The summed E-state index contributed by atoms with van der Waals surface area (Å²) in [5.74, 6) is 0.190. The highest BCUT2D eigenvalue weighted by Crippen LogP contribution is 2.42. The lowest BCUT2D eigenvalue weighted by atomic mass is 9.68. The van der Waals surface area contributed by atoms with Gasteiger partial charge >= 0.3 is 0 Å². The van der Waals surface area contributed by atoms with Gasteiger partial charge in [-0.3, -0.25) is 4.79 Å². The summed E-state index contributed by atoms with van der Waals surface area (Å²) in [5.41, 5.74) is 1.80. The SMILES string of the molecule is COCC1(C(=O)N(C)Cc2cccc(-n3cccn3)c2)CCC1. The number of carbonyl (C=O) groups is 1. The average molecular weight is 313 g/mol. The molecule has 0 saturated heterocycles. The molecule has 0 unspecified atom stereocenters. The Morgan fingerprint density at radius 2 is 2.22 bits per heavy atom. The first-order chi connectivity index (χ1) is 11.1. The number of carbonyl (C=O) groups excluding carboxylic acids is 1. The molecular formula is C18H23N3O2. The molecule has 1 saturated carbocycles. The minimum atomic E-state index is -0.302. The Labute approximate surface area is 136 Å². The molecule has 0 aliphatic heterocycles. The zero-order chi connectivity index (χ0) is 16.3. The van der Waals surface area contributed by atoms with Crippen molar-refractivity contribution in [1.82, 2.24) is 14.7 Å². The first kappa shape index (κ1) is 15.7. The van der Waals surface area contributed by atoms with E-state index in [1.807, 2.05) is 47.1 Å². The number of amides is 1. The molecule has 3 rings (SSSR count). The standard InChI is InChI=1S/C18H23N3O2/c1-20(17(22)18(14-23-2)8-4-9-18)13-15-6-3-7-16(12-15)21-11-5-10-19-21/h3,5-7,10-12H,4,8-9,13-14H2,1-2H3. The third-order valence-electron chi connectivity index (χ3n) is 4.63. The largest absolute Gasteiger partial charge is 0.384 e. The van der Waals surface area contributed by atoms with Gasteiger partial charge in [0.25, 0.3) is 0 Å². The van der Waals surface area contributed by atoms with Crippen LogP contribution in [0.2, 0.25) is 0 Å². The number of hydrogen-bond acceptors (Lipinski definition) is 3. The van der Waals surface area contributed by atoms with Crippen molar-refractivity contribution in [3.63, 3.8) is 0 Å². The molecule has 1 aliphatic carbocycles. The van der Waals surface area contributed by atoms with Gasteiger partial charge in [0.2, 0.25) is 5.91 Å². The molecule has 1 aromatic carbocycles. The van der Waals surface area contributed by atoms with Gasteiger partial charge in [-0.2, -0.15) is 5.10 Å². The summed E-state index contributed by atoms with van der Waals surface area (Å²) in [4.78, 5) is 14.6. The summed E-state index contributed by atoms with van der Waals surface area (Å²) in [5, 5.41) is 4.25. The van der Waals surface area contributed by atoms with Crippen LogP contribution in [0, 0.1) is 5.41 Å². The Morgan fingerprint density at radius 3 is 2.83 bits per heavy atom. The highest BCUT2D eigenvalue weighted by Gasteiger charge is 2.45. The van der Waals surface area contributed by atoms with Crippen molar-refractivity contribution in [1.29, 1.82) is 0 Å². The van der Waals surface area contributed by atoms with Gasteiger partial charge in [-0.1, -0.05) is 18.6 Å². The number of nitrogens with zero attached hydrogens (tertiary/aromatic N) is 3. The fraction of sp³-hybridized carbons (Fsp3) is 0.444. The molecule has 2 aromatic rings. The highest BCUT2D eigenvalue weighted by atomic mass is 16.5. The second-order valence-electron chi connectivity index (χ2n) is 6.35. The van der Waals surface area contributed by atoms with Crippen molar-refractivity contribution in [3.05, 3.63) is 48.3 Å². The second-order valence-corrected chi connectivity index (χ2v) is 6.35. The molecule has 1 amide bonds. The van der Waals surface area contributed by atoms with Crippen molar-refractivity contribution in [2.45, 2.75) is 25.8 Å². The molecule has 0 N–H and O–H groups in total. The third-order valence-corrected chi connectivity index (χ3v) is 4.63. The van der Waals surface area contributed by atoms with Gasteiger partial charge in [0, 0.05) is 33.1 Å². The van der Waals surface area contributed by atoms with E-state index in [0.717, 1.165) is 30.5 Å². The van der Waals surface area contributed by atoms with E-state index in [2.05, 4.69) is 11.2 Å². The molecule has 1 aliphatic rings. The van der Waals surface area contributed by atoms with Crippen LogP contribution in [0.25, 0.3) is 5.69 Å². The maximum absolute atomic E-state index is 12.8. The molecule has 0 spiro atoms. The lowest BCUT2D eigenvalue weighted by molar-refractivity contribution is -0.151. The van der Waals surface area contributed by atoms with Gasteiger partial charge in [-0.15, -0.1) is 0 Å². The van der Waals surface area contributed by atoms with Gasteiger partial charge in [-0.25, -0.2) is 4.68 Å². The van der Waals surface area contributed by atoms with Crippen molar-refractivity contribution in [2.75, 3.05) is 20.8 Å². The Balaban J connectivity index is 1.71. The molecule has 0 radical (unpaired) electrons. The molecule has 23 heavy (non-hydrogen) atoms. The minimum absolute atomic E-state index is 0.190. The van der Waals surface area contributed by atoms with Crippen LogP contribution < -0.4 is 0 Å². The van der Waals surface area contributed by atoms with Crippen LogP contribution in [0.3, 0.4) is 0 Å². The third kappa shape index (κ3) is 3.15. The molecule has 1 heterocycles. The predicted octanol–water partition coefficient (Wildman–Crippen LogP) is 2.65. The lowest BCUT2D eigenvalue weighted by Gasteiger charge is -2.42. The van der Waals surface area contributed by atoms with Gasteiger partial charge < -0.3 is 9.64 Å². The van der Waals surface area contributed by atoms with Gasteiger partial charge in [0.15, 0.2) is 0 Å². The van der Waals surface area contributed by atoms with E-state index in [1.165, 1.54) is 0 Å². The number of rotatable bonds is 6. The molecule has 122 valence electrons. The van der Waals surface area contributed by atoms with Crippen LogP contribution in [0.1, 0.15) is 24.8 Å². The van der Waals surface area contributed by atoms with Gasteiger partial charge in [0.05, 0.1) is 17.7 Å². The highest BCUT2D eigenvalue weighted by molar-refractivity contribution is 5.83.